The maximum Gasteiger partial charge on any atom is 0.226 e. The van der Waals surface area contributed by atoms with Gasteiger partial charge in [0.1, 0.15) is 12.0 Å². The number of nitrogens with one attached hydrogen (secondary N) is 2. The van der Waals surface area contributed by atoms with E-state index in [9.17, 15) is 0 Å². The van der Waals surface area contributed by atoms with Gasteiger partial charge in [0.15, 0.2) is 5.96 Å². The fourth-order valence-electron chi connectivity index (χ4n) is 3.47. The van der Waals surface area contributed by atoms with Crippen molar-refractivity contribution in [2.45, 2.75) is 46.2 Å². The lowest BCUT2D eigenvalue weighted by Crippen LogP contribution is -2.44. The van der Waals surface area contributed by atoms with E-state index in [1.54, 1.807) is 6.26 Å². The largest absolute Gasteiger partial charge is 0.444 e. The number of nitrogens with zero attached hydrogens (tertiary/aromatic N) is 3. The van der Waals surface area contributed by atoms with E-state index < -0.39 is 0 Å². The number of aromatic nitrogens is 1. The molecule has 0 spiro atoms. The first-order valence-electron chi connectivity index (χ1n) is 9.97. The number of likely N-dealkylation sites (tertiary alicyclic amines) is 1. The average molecular weight is 497 g/mol. The van der Waals surface area contributed by atoms with Crippen molar-refractivity contribution in [1.29, 1.82) is 0 Å². The third-order valence-corrected chi connectivity index (χ3v) is 5.00. The number of likely N-dealkylation sites (N-methyl/N-ethyl adjacent to an activating group) is 1. The van der Waals surface area contributed by atoms with Gasteiger partial charge in [0.05, 0.1) is 6.54 Å². The molecule has 1 saturated heterocycles. The van der Waals surface area contributed by atoms with Gasteiger partial charge in [-0.15, -0.1) is 24.0 Å². The molecule has 0 radical (unpaired) electrons. The molecular weight excluding hydrogens is 465 g/mol. The Morgan fingerprint density at radius 2 is 2.04 bits per heavy atom. The molecule has 7 heteroatoms. The fourth-order valence-corrected chi connectivity index (χ4v) is 3.47. The van der Waals surface area contributed by atoms with Crippen molar-refractivity contribution in [2.24, 2.45) is 4.99 Å². The first kappa shape index (κ1) is 22.7. The number of hydrogen-bond donors (Lipinski definition) is 2. The standard InChI is InChI=1S/C21H31N5O.HI/c1-4-22-21(24-14-19-7-6-12-26(19)5-2)23-13-18-15-27-20(25-18)17-10-8-16(3)9-11-17;/h8-11,15,19H,4-7,12-14H2,1-3H3,(H2,22,23,24);1H. The SMILES string of the molecule is CCNC(=NCc1coc(-c2ccc(C)cc2)n1)NCC1CCCN1CC.I. The third kappa shape index (κ3) is 6.20. The summed E-state index contributed by atoms with van der Waals surface area (Å²) in [5.41, 5.74) is 3.04. The van der Waals surface area contributed by atoms with Crippen LogP contribution in [0.15, 0.2) is 39.9 Å². The lowest BCUT2D eigenvalue weighted by molar-refractivity contribution is 0.267. The topological polar surface area (TPSA) is 65.7 Å². The molecule has 1 aromatic carbocycles. The predicted octanol–water partition coefficient (Wildman–Crippen LogP) is 3.81. The molecule has 154 valence electrons. The molecule has 2 heterocycles. The van der Waals surface area contributed by atoms with Gasteiger partial charge in [-0.25, -0.2) is 9.98 Å². The highest BCUT2D eigenvalue weighted by atomic mass is 127. The lowest BCUT2D eigenvalue weighted by Gasteiger charge is -2.23. The van der Waals surface area contributed by atoms with Gasteiger partial charge in [-0.2, -0.15) is 0 Å². The highest BCUT2D eigenvalue weighted by Crippen LogP contribution is 2.19. The molecule has 0 bridgehead atoms. The quantitative estimate of drug-likeness (QED) is 0.346. The van der Waals surface area contributed by atoms with E-state index in [1.807, 2.05) is 12.1 Å². The summed E-state index contributed by atoms with van der Waals surface area (Å²) in [6.07, 6.45) is 4.23. The van der Waals surface area contributed by atoms with Crippen molar-refractivity contribution >= 4 is 29.9 Å². The van der Waals surface area contributed by atoms with Crippen LogP contribution in [0.3, 0.4) is 0 Å². The van der Waals surface area contributed by atoms with Crippen LogP contribution in [0.1, 0.15) is 37.9 Å². The Morgan fingerprint density at radius 3 is 2.75 bits per heavy atom. The predicted molar refractivity (Wildman–Crippen MR) is 125 cm³/mol. The molecule has 1 fully saturated rings. The fraction of sp³-hybridized carbons (Fsp3) is 0.524. The van der Waals surface area contributed by atoms with E-state index in [2.05, 4.69) is 58.4 Å². The second kappa shape index (κ2) is 11.4. The van der Waals surface area contributed by atoms with Crippen LogP contribution in [0.5, 0.6) is 0 Å². The number of halogens is 1. The Labute approximate surface area is 185 Å². The maximum atomic E-state index is 5.62. The van der Waals surface area contributed by atoms with Crippen LogP contribution in [0.25, 0.3) is 11.5 Å². The van der Waals surface area contributed by atoms with E-state index in [0.717, 1.165) is 36.9 Å². The van der Waals surface area contributed by atoms with Gasteiger partial charge in [-0.05, 0) is 51.9 Å². The van der Waals surface area contributed by atoms with Crippen molar-refractivity contribution in [3.8, 4) is 11.5 Å². The zero-order chi connectivity index (χ0) is 19.1. The summed E-state index contributed by atoms with van der Waals surface area (Å²) < 4.78 is 5.62. The number of benzene rings is 1. The monoisotopic (exact) mass is 497 g/mol. The molecule has 0 saturated carbocycles. The molecular formula is C21H32IN5O. The lowest BCUT2D eigenvalue weighted by atomic mass is 10.1. The zero-order valence-electron chi connectivity index (χ0n) is 17.1. The summed E-state index contributed by atoms with van der Waals surface area (Å²) in [6.45, 7) is 10.9. The van der Waals surface area contributed by atoms with Gasteiger partial charge in [0, 0.05) is 24.7 Å². The van der Waals surface area contributed by atoms with Crippen molar-refractivity contribution in [3.63, 3.8) is 0 Å². The minimum absolute atomic E-state index is 0. The molecule has 6 nitrogen and oxygen atoms in total. The molecule has 0 aliphatic carbocycles. The van der Waals surface area contributed by atoms with Gasteiger partial charge in [-0.3, -0.25) is 4.90 Å². The number of guanidine groups is 1. The van der Waals surface area contributed by atoms with Crippen LogP contribution in [0.4, 0.5) is 0 Å². The Balaban J connectivity index is 0.00000280. The summed E-state index contributed by atoms with van der Waals surface area (Å²) in [4.78, 5) is 11.8. The van der Waals surface area contributed by atoms with Crippen LogP contribution in [-0.4, -0.2) is 48.1 Å². The number of aryl methyl sites for hydroxylation is 1. The zero-order valence-corrected chi connectivity index (χ0v) is 19.4. The Bertz CT molecular complexity index is 744. The molecule has 1 aliphatic heterocycles. The average Bonchev–Trinajstić information content (AvgIpc) is 3.33. The van der Waals surface area contributed by atoms with E-state index in [1.165, 1.54) is 24.9 Å². The van der Waals surface area contributed by atoms with Crippen LogP contribution >= 0.6 is 24.0 Å². The second-order valence-electron chi connectivity index (χ2n) is 7.01. The van der Waals surface area contributed by atoms with Crippen LogP contribution in [-0.2, 0) is 6.54 Å². The first-order chi connectivity index (χ1) is 13.2. The Kier molecular flexibility index (Phi) is 9.24. The minimum Gasteiger partial charge on any atom is -0.444 e. The molecule has 2 aromatic rings. The summed E-state index contributed by atoms with van der Waals surface area (Å²) in [5, 5.41) is 6.80. The summed E-state index contributed by atoms with van der Waals surface area (Å²) in [5.74, 6) is 1.48. The second-order valence-corrected chi connectivity index (χ2v) is 7.01. The smallest absolute Gasteiger partial charge is 0.226 e. The van der Waals surface area contributed by atoms with Gasteiger partial charge in [-0.1, -0.05) is 24.6 Å². The van der Waals surface area contributed by atoms with Crippen molar-refractivity contribution in [1.82, 2.24) is 20.5 Å². The van der Waals surface area contributed by atoms with E-state index in [-0.39, 0.29) is 24.0 Å². The normalized spacial score (nSPS) is 17.4. The number of oxazole rings is 1. The molecule has 28 heavy (non-hydrogen) atoms. The minimum atomic E-state index is 0. The number of rotatable bonds is 7. The number of hydrogen-bond acceptors (Lipinski definition) is 4. The maximum absolute atomic E-state index is 5.62. The summed E-state index contributed by atoms with van der Waals surface area (Å²) in [6, 6.07) is 8.78. The van der Waals surface area contributed by atoms with Crippen molar-refractivity contribution in [3.05, 3.63) is 41.8 Å². The van der Waals surface area contributed by atoms with Crippen LogP contribution < -0.4 is 10.6 Å². The van der Waals surface area contributed by atoms with Crippen molar-refractivity contribution in [2.75, 3.05) is 26.2 Å². The molecule has 3 rings (SSSR count). The van der Waals surface area contributed by atoms with E-state index >= 15 is 0 Å². The van der Waals surface area contributed by atoms with Crippen molar-refractivity contribution < 1.29 is 4.42 Å². The number of aliphatic imine (C=N–C) groups is 1. The van der Waals surface area contributed by atoms with Gasteiger partial charge in [0.25, 0.3) is 0 Å². The Morgan fingerprint density at radius 1 is 1.25 bits per heavy atom. The highest BCUT2D eigenvalue weighted by molar-refractivity contribution is 14.0. The van der Waals surface area contributed by atoms with Gasteiger partial charge >= 0.3 is 0 Å². The first-order valence-corrected chi connectivity index (χ1v) is 9.97. The van der Waals surface area contributed by atoms with Gasteiger partial charge < -0.3 is 15.1 Å². The summed E-state index contributed by atoms with van der Waals surface area (Å²) in [7, 11) is 0. The highest BCUT2D eigenvalue weighted by Gasteiger charge is 2.22. The van der Waals surface area contributed by atoms with E-state index in [0.29, 0.717) is 18.5 Å². The molecule has 0 amide bonds. The molecule has 1 aromatic heterocycles. The molecule has 1 unspecified atom stereocenters. The van der Waals surface area contributed by atoms with Crippen LogP contribution in [0, 0.1) is 6.92 Å². The van der Waals surface area contributed by atoms with Crippen LogP contribution in [0.2, 0.25) is 0 Å². The molecule has 1 atom stereocenters. The summed E-state index contributed by atoms with van der Waals surface area (Å²) >= 11 is 0. The molecule has 2 N–H and O–H groups in total. The van der Waals surface area contributed by atoms with Gasteiger partial charge in [0.2, 0.25) is 5.89 Å². The Hall–Kier alpha value is -1.61. The third-order valence-electron chi connectivity index (χ3n) is 5.00. The molecule has 1 aliphatic rings. The van der Waals surface area contributed by atoms with E-state index in [4.69, 9.17) is 4.42 Å².